The molecule has 0 amide bonds. The molecule has 1 atom stereocenters. The van der Waals surface area contributed by atoms with Crippen molar-refractivity contribution in [3.05, 3.63) is 24.0 Å². The van der Waals surface area contributed by atoms with Crippen LogP contribution in [-0.2, 0) is 10.0 Å². The fourth-order valence-corrected chi connectivity index (χ4v) is 4.00. The summed E-state index contributed by atoms with van der Waals surface area (Å²) in [6, 6.07) is 3.49. The van der Waals surface area contributed by atoms with Crippen LogP contribution in [0, 0.1) is 5.82 Å². The molecule has 1 saturated heterocycles. The molecular formula is C14H20FNO5S. The monoisotopic (exact) mass is 333 g/mol. The Balaban J connectivity index is 2.25. The van der Waals surface area contributed by atoms with Crippen molar-refractivity contribution < 1.29 is 27.8 Å². The summed E-state index contributed by atoms with van der Waals surface area (Å²) in [5, 5.41) is 19.3. The molecule has 2 rings (SSSR count). The fraction of sp³-hybridized carbons (Fsp3) is 0.571. The van der Waals surface area contributed by atoms with Crippen molar-refractivity contribution in [2.24, 2.45) is 0 Å². The normalized spacial score (nSPS) is 24.0. The summed E-state index contributed by atoms with van der Waals surface area (Å²) in [6.07, 6.45) is 0.892. The van der Waals surface area contributed by atoms with Gasteiger partial charge in [0.15, 0.2) is 11.6 Å². The van der Waals surface area contributed by atoms with Crippen LogP contribution in [0.15, 0.2) is 23.1 Å². The van der Waals surface area contributed by atoms with Crippen molar-refractivity contribution in [3.8, 4) is 5.75 Å². The Morgan fingerprint density at radius 3 is 2.68 bits per heavy atom. The van der Waals surface area contributed by atoms with Gasteiger partial charge in [0.25, 0.3) is 0 Å². The highest BCUT2D eigenvalue weighted by atomic mass is 32.2. The second-order valence-corrected chi connectivity index (χ2v) is 7.37. The number of aliphatic hydroxyl groups excluding tert-OH is 1. The Bertz CT molecular complexity index is 636. The van der Waals surface area contributed by atoms with Gasteiger partial charge in [0.1, 0.15) is 0 Å². The molecule has 1 fully saturated rings. The van der Waals surface area contributed by atoms with Crippen LogP contribution in [0.5, 0.6) is 5.75 Å². The van der Waals surface area contributed by atoms with E-state index in [1.165, 1.54) is 23.5 Å². The lowest BCUT2D eigenvalue weighted by Crippen LogP contribution is -2.36. The van der Waals surface area contributed by atoms with Crippen LogP contribution in [0.2, 0.25) is 0 Å². The molecule has 0 unspecified atom stereocenters. The van der Waals surface area contributed by atoms with E-state index in [1.54, 1.807) is 0 Å². The average molecular weight is 333 g/mol. The van der Waals surface area contributed by atoms with Crippen LogP contribution < -0.4 is 4.74 Å². The quantitative estimate of drug-likeness (QED) is 0.848. The SMILES string of the molecule is COc1ccc(S(=O)(=O)N2CCC[C@](O)(CO)CC2)cc1F. The fourth-order valence-electron chi connectivity index (χ4n) is 2.51. The smallest absolute Gasteiger partial charge is 0.243 e. The molecule has 0 saturated carbocycles. The van der Waals surface area contributed by atoms with Crippen LogP contribution in [-0.4, -0.2) is 55.3 Å². The van der Waals surface area contributed by atoms with Gasteiger partial charge in [-0.3, -0.25) is 0 Å². The van der Waals surface area contributed by atoms with Gasteiger partial charge in [0, 0.05) is 13.1 Å². The zero-order valence-electron chi connectivity index (χ0n) is 12.3. The molecule has 124 valence electrons. The number of hydrogen-bond acceptors (Lipinski definition) is 5. The molecule has 0 radical (unpaired) electrons. The van der Waals surface area contributed by atoms with E-state index in [-0.39, 0.29) is 30.2 Å². The lowest BCUT2D eigenvalue weighted by molar-refractivity contribution is -0.0244. The van der Waals surface area contributed by atoms with E-state index in [4.69, 9.17) is 4.74 Å². The molecular weight excluding hydrogens is 313 g/mol. The summed E-state index contributed by atoms with van der Waals surface area (Å²) in [6.45, 7) is -0.108. The standard InChI is InChI=1S/C14H20FNO5S/c1-21-13-4-3-11(9-12(13)15)22(19,20)16-7-2-5-14(18,10-17)6-8-16/h3-4,9,17-18H,2,5-8,10H2,1H3/t14-/m1/s1. The molecule has 1 heterocycles. The number of rotatable bonds is 4. The van der Waals surface area contributed by atoms with Gasteiger partial charge >= 0.3 is 0 Å². The predicted octanol–water partition coefficient (Wildman–Crippen LogP) is 0.732. The third-order valence-corrected chi connectivity index (χ3v) is 5.83. The van der Waals surface area contributed by atoms with Crippen LogP contribution in [0.4, 0.5) is 4.39 Å². The van der Waals surface area contributed by atoms with E-state index in [0.29, 0.717) is 12.8 Å². The van der Waals surface area contributed by atoms with Crippen molar-refractivity contribution >= 4 is 10.0 Å². The van der Waals surface area contributed by atoms with Crippen molar-refractivity contribution in [1.82, 2.24) is 4.31 Å². The van der Waals surface area contributed by atoms with Crippen LogP contribution in [0.25, 0.3) is 0 Å². The number of sulfonamides is 1. The Hall–Kier alpha value is -1.22. The summed E-state index contributed by atoms with van der Waals surface area (Å²) >= 11 is 0. The van der Waals surface area contributed by atoms with Crippen molar-refractivity contribution in [2.75, 3.05) is 26.8 Å². The summed E-state index contributed by atoms with van der Waals surface area (Å²) in [4.78, 5) is -0.153. The lowest BCUT2D eigenvalue weighted by atomic mass is 9.96. The first-order valence-electron chi connectivity index (χ1n) is 6.99. The zero-order chi connectivity index (χ0) is 16.4. The van der Waals surface area contributed by atoms with Crippen LogP contribution in [0.3, 0.4) is 0 Å². The third kappa shape index (κ3) is 3.40. The van der Waals surface area contributed by atoms with Gasteiger partial charge in [-0.15, -0.1) is 0 Å². The highest BCUT2D eigenvalue weighted by Gasteiger charge is 2.34. The van der Waals surface area contributed by atoms with Gasteiger partial charge in [-0.2, -0.15) is 4.31 Å². The highest BCUT2D eigenvalue weighted by molar-refractivity contribution is 7.89. The largest absolute Gasteiger partial charge is 0.494 e. The molecule has 1 aromatic rings. The maximum absolute atomic E-state index is 13.7. The molecule has 2 N–H and O–H groups in total. The summed E-state index contributed by atoms with van der Waals surface area (Å²) < 4.78 is 44.8. The number of hydrogen-bond donors (Lipinski definition) is 2. The first-order chi connectivity index (χ1) is 10.3. The summed E-state index contributed by atoms with van der Waals surface area (Å²) in [5.41, 5.74) is -1.25. The van der Waals surface area contributed by atoms with E-state index in [9.17, 15) is 23.0 Å². The number of ether oxygens (including phenoxy) is 1. The number of benzene rings is 1. The lowest BCUT2D eigenvalue weighted by Gasteiger charge is -2.24. The Morgan fingerprint density at radius 1 is 1.36 bits per heavy atom. The second kappa shape index (κ2) is 6.49. The molecule has 0 spiro atoms. The number of halogens is 1. The van der Waals surface area contributed by atoms with Gasteiger partial charge in [-0.05, 0) is 37.5 Å². The summed E-state index contributed by atoms with van der Waals surface area (Å²) in [7, 11) is -2.54. The Labute approximate surface area is 129 Å². The molecule has 1 aliphatic rings. The minimum atomic E-state index is -3.85. The minimum Gasteiger partial charge on any atom is -0.494 e. The summed E-state index contributed by atoms with van der Waals surface area (Å²) in [5.74, 6) is -0.769. The maximum atomic E-state index is 13.7. The van der Waals surface area contributed by atoms with E-state index in [2.05, 4.69) is 0 Å². The van der Waals surface area contributed by atoms with Gasteiger partial charge in [0.05, 0.1) is 24.2 Å². The van der Waals surface area contributed by atoms with Gasteiger partial charge in [0.2, 0.25) is 10.0 Å². The minimum absolute atomic E-state index is 0.0236. The van der Waals surface area contributed by atoms with E-state index < -0.39 is 28.0 Å². The zero-order valence-corrected chi connectivity index (χ0v) is 13.1. The molecule has 0 bridgehead atoms. The Morgan fingerprint density at radius 2 is 2.09 bits per heavy atom. The first-order valence-corrected chi connectivity index (χ1v) is 8.43. The maximum Gasteiger partial charge on any atom is 0.243 e. The molecule has 8 heteroatoms. The third-order valence-electron chi connectivity index (χ3n) is 3.93. The number of aliphatic hydroxyl groups is 2. The van der Waals surface area contributed by atoms with E-state index in [0.717, 1.165) is 6.07 Å². The topological polar surface area (TPSA) is 87.1 Å². The van der Waals surface area contributed by atoms with E-state index in [1.807, 2.05) is 0 Å². The number of nitrogens with zero attached hydrogens (tertiary/aromatic N) is 1. The number of methoxy groups -OCH3 is 1. The highest BCUT2D eigenvalue weighted by Crippen LogP contribution is 2.27. The Kier molecular flexibility index (Phi) is 5.06. The molecule has 6 nitrogen and oxygen atoms in total. The van der Waals surface area contributed by atoms with Crippen molar-refractivity contribution in [2.45, 2.75) is 29.8 Å². The molecule has 1 aliphatic heterocycles. The average Bonchev–Trinajstić information content (AvgIpc) is 2.70. The van der Waals surface area contributed by atoms with E-state index >= 15 is 0 Å². The molecule has 1 aromatic carbocycles. The van der Waals surface area contributed by atoms with Crippen LogP contribution >= 0.6 is 0 Å². The molecule has 0 aromatic heterocycles. The molecule has 0 aliphatic carbocycles. The molecule has 22 heavy (non-hydrogen) atoms. The second-order valence-electron chi connectivity index (χ2n) is 5.44. The predicted molar refractivity (Wildman–Crippen MR) is 77.6 cm³/mol. The van der Waals surface area contributed by atoms with Crippen molar-refractivity contribution in [1.29, 1.82) is 0 Å². The van der Waals surface area contributed by atoms with Crippen LogP contribution in [0.1, 0.15) is 19.3 Å². The first kappa shape index (κ1) is 17.1. The van der Waals surface area contributed by atoms with Gasteiger partial charge in [-0.25, -0.2) is 12.8 Å². The van der Waals surface area contributed by atoms with Gasteiger partial charge in [-0.1, -0.05) is 0 Å². The van der Waals surface area contributed by atoms with Crippen molar-refractivity contribution in [3.63, 3.8) is 0 Å². The van der Waals surface area contributed by atoms with Gasteiger partial charge < -0.3 is 14.9 Å².